The third kappa shape index (κ3) is 2.23. The fourth-order valence-corrected chi connectivity index (χ4v) is 2.56. The van der Waals surface area contributed by atoms with Gasteiger partial charge in [-0.1, -0.05) is 13.8 Å². The molecule has 1 rings (SSSR count). The molecule has 1 saturated heterocycles. The molecule has 0 aliphatic carbocycles. The molecule has 0 unspecified atom stereocenters. The minimum absolute atomic E-state index is 0.108. The maximum atomic E-state index is 11.4. The number of rotatable bonds is 2. The summed E-state index contributed by atoms with van der Waals surface area (Å²) in [6.45, 7) is 3.91. The molecule has 1 N–H and O–H groups in total. The third-order valence-corrected chi connectivity index (χ3v) is 3.39. The fraction of sp³-hybridized carbons (Fsp3) is 0.889. The minimum atomic E-state index is -0.440. The lowest BCUT2D eigenvalue weighted by atomic mass is 9.90. The zero-order valence-corrected chi connectivity index (χ0v) is 8.43. The Bertz CT molecular complexity index is 168. The Labute approximate surface area is 77.7 Å². The summed E-state index contributed by atoms with van der Waals surface area (Å²) >= 11 is 1.77. The van der Waals surface area contributed by atoms with Crippen molar-refractivity contribution in [1.82, 2.24) is 0 Å². The topological polar surface area (TPSA) is 37.3 Å². The summed E-state index contributed by atoms with van der Waals surface area (Å²) < 4.78 is 0. The van der Waals surface area contributed by atoms with Crippen molar-refractivity contribution in [3.8, 4) is 0 Å². The third-order valence-electron chi connectivity index (χ3n) is 2.30. The molecule has 0 radical (unpaired) electrons. The molecule has 2 atom stereocenters. The summed E-state index contributed by atoms with van der Waals surface area (Å²) in [5.74, 6) is 2.06. The second-order valence-electron chi connectivity index (χ2n) is 3.63. The predicted molar refractivity (Wildman–Crippen MR) is 51.3 cm³/mol. The highest BCUT2D eigenvalue weighted by Gasteiger charge is 2.30. The molecule has 0 aromatic carbocycles. The van der Waals surface area contributed by atoms with Crippen LogP contribution in [0, 0.1) is 11.8 Å². The van der Waals surface area contributed by atoms with Crippen molar-refractivity contribution in [3.05, 3.63) is 0 Å². The zero-order chi connectivity index (χ0) is 9.14. The molecule has 0 saturated carbocycles. The largest absolute Gasteiger partial charge is 0.392 e. The van der Waals surface area contributed by atoms with E-state index in [4.69, 9.17) is 0 Å². The van der Waals surface area contributed by atoms with E-state index < -0.39 is 6.10 Å². The van der Waals surface area contributed by atoms with Gasteiger partial charge in [-0.2, -0.15) is 11.8 Å². The van der Waals surface area contributed by atoms with Gasteiger partial charge < -0.3 is 5.11 Å². The average molecular weight is 188 g/mol. The Morgan fingerprint density at radius 1 is 1.58 bits per heavy atom. The Morgan fingerprint density at radius 3 is 2.75 bits per heavy atom. The Kier molecular flexibility index (Phi) is 3.59. The summed E-state index contributed by atoms with van der Waals surface area (Å²) in [5.41, 5.74) is 0. The first-order valence-corrected chi connectivity index (χ1v) is 5.57. The van der Waals surface area contributed by atoms with Crippen LogP contribution >= 0.6 is 11.8 Å². The number of ketones is 1. The summed E-state index contributed by atoms with van der Waals surface area (Å²) in [5, 5.41) is 9.69. The molecule has 1 fully saturated rings. The molecule has 0 spiro atoms. The van der Waals surface area contributed by atoms with Crippen LogP contribution in [0.5, 0.6) is 0 Å². The van der Waals surface area contributed by atoms with Gasteiger partial charge in [0.2, 0.25) is 0 Å². The lowest BCUT2D eigenvalue weighted by Crippen LogP contribution is -2.36. The predicted octanol–water partition coefficient (Wildman–Crippen LogP) is 1.33. The summed E-state index contributed by atoms with van der Waals surface area (Å²) in [6.07, 6.45) is 0.198. The molecule has 0 aromatic rings. The van der Waals surface area contributed by atoms with Crippen LogP contribution in [0.1, 0.15) is 20.3 Å². The van der Waals surface area contributed by atoms with Gasteiger partial charge in [0.25, 0.3) is 0 Å². The number of hydrogen-bond acceptors (Lipinski definition) is 3. The van der Waals surface area contributed by atoms with E-state index in [0.29, 0.717) is 6.42 Å². The number of aliphatic hydroxyl groups excluding tert-OH is 1. The molecule has 1 heterocycles. The van der Waals surface area contributed by atoms with Crippen LogP contribution in [0.3, 0.4) is 0 Å². The second-order valence-corrected chi connectivity index (χ2v) is 4.78. The van der Waals surface area contributed by atoms with Crippen LogP contribution in [0.25, 0.3) is 0 Å². The monoisotopic (exact) mass is 188 g/mol. The highest BCUT2D eigenvalue weighted by Crippen LogP contribution is 2.25. The number of Topliss-reactive ketones (excluding diaryl/α,β-unsaturated/α-hetero) is 1. The number of thioether (sulfide) groups is 1. The maximum absolute atomic E-state index is 11.4. The number of carbonyl (C=O) groups is 1. The van der Waals surface area contributed by atoms with E-state index in [1.807, 2.05) is 13.8 Å². The summed E-state index contributed by atoms with van der Waals surface area (Å²) in [6, 6.07) is 0. The van der Waals surface area contributed by atoms with E-state index in [9.17, 15) is 9.90 Å². The molecule has 1 aliphatic heterocycles. The van der Waals surface area contributed by atoms with Gasteiger partial charge in [-0.25, -0.2) is 0 Å². The van der Waals surface area contributed by atoms with Crippen molar-refractivity contribution < 1.29 is 9.90 Å². The molecule has 2 nitrogen and oxygen atoms in total. The lowest BCUT2D eigenvalue weighted by Gasteiger charge is -2.27. The van der Waals surface area contributed by atoms with Gasteiger partial charge in [0, 0.05) is 17.9 Å². The van der Waals surface area contributed by atoms with Crippen LogP contribution in [-0.4, -0.2) is 28.5 Å². The molecule has 0 bridgehead atoms. The highest BCUT2D eigenvalue weighted by atomic mass is 32.2. The molecule has 0 amide bonds. The van der Waals surface area contributed by atoms with Gasteiger partial charge in [0.05, 0.1) is 12.0 Å². The molecule has 0 aromatic heterocycles. The van der Waals surface area contributed by atoms with Gasteiger partial charge in [-0.15, -0.1) is 0 Å². The molecule has 70 valence electrons. The Morgan fingerprint density at radius 2 is 2.25 bits per heavy atom. The first-order chi connectivity index (χ1) is 5.63. The number of aliphatic hydroxyl groups is 1. The quantitative estimate of drug-likeness (QED) is 0.710. The second kappa shape index (κ2) is 4.28. The van der Waals surface area contributed by atoms with Gasteiger partial charge in [-0.3, -0.25) is 4.79 Å². The Balaban J connectivity index is 2.53. The van der Waals surface area contributed by atoms with E-state index in [0.717, 1.165) is 11.5 Å². The van der Waals surface area contributed by atoms with Crippen molar-refractivity contribution in [2.24, 2.45) is 11.8 Å². The van der Waals surface area contributed by atoms with Crippen LogP contribution in [0.4, 0.5) is 0 Å². The van der Waals surface area contributed by atoms with Crippen molar-refractivity contribution in [2.45, 2.75) is 26.4 Å². The maximum Gasteiger partial charge on any atom is 0.140 e. The number of hydrogen-bond donors (Lipinski definition) is 1. The summed E-state index contributed by atoms with van der Waals surface area (Å²) in [7, 11) is 0. The summed E-state index contributed by atoms with van der Waals surface area (Å²) in [4.78, 5) is 11.4. The SMILES string of the molecule is CC(C)[C@@H](O)[C@@H]1CSCCC1=O. The Hall–Kier alpha value is -0.0200. The van der Waals surface area contributed by atoms with Gasteiger partial charge in [-0.05, 0) is 5.92 Å². The fourth-order valence-electron chi connectivity index (χ4n) is 1.42. The zero-order valence-electron chi connectivity index (χ0n) is 7.62. The van der Waals surface area contributed by atoms with E-state index >= 15 is 0 Å². The van der Waals surface area contributed by atoms with Crippen molar-refractivity contribution in [2.75, 3.05) is 11.5 Å². The number of carbonyl (C=O) groups excluding carboxylic acids is 1. The minimum Gasteiger partial charge on any atom is -0.392 e. The molecule has 3 heteroatoms. The van der Waals surface area contributed by atoms with Gasteiger partial charge >= 0.3 is 0 Å². The van der Waals surface area contributed by atoms with Gasteiger partial charge in [0.1, 0.15) is 5.78 Å². The van der Waals surface area contributed by atoms with Crippen molar-refractivity contribution in [3.63, 3.8) is 0 Å². The van der Waals surface area contributed by atoms with Crippen molar-refractivity contribution >= 4 is 17.5 Å². The highest BCUT2D eigenvalue weighted by molar-refractivity contribution is 7.99. The van der Waals surface area contributed by atoms with Crippen molar-refractivity contribution in [1.29, 1.82) is 0 Å². The molecular formula is C9H16O2S. The lowest BCUT2D eigenvalue weighted by molar-refractivity contribution is -0.126. The molecular weight excluding hydrogens is 172 g/mol. The van der Waals surface area contributed by atoms with E-state index in [1.165, 1.54) is 0 Å². The molecule has 1 aliphatic rings. The first-order valence-electron chi connectivity index (χ1n) is 4.41. The smallest absolute Gasteiger partial charge is 0.140 e. The van der Waals surface area contributed by atoms with E-state index in [2.05, 4.69) is 0 Å². The van der Waals surface area contributed by atoms with Gasteiger partial charge in [0.15, 0.2) is 0 Å². The van der Waals surface area contributed by atoms with Crippen LogP contribution in [0.2, 0.25) is 0 Å². The first kappa shape index (κ1) is 10.1. The molecule has 12 heavy (non-hydrogen) atoms. The normalized spacial score (nSPS) is 27.7. The standard InChI is InChI=1S/C9H16O2S/c1-6(2)9(11)7-5-12-4-3-8(7)10/h6-7,9,11H,3-5H2,1-2H3/t7-,9-/m1/s1. The van der Waals surface area contributed by atoms with E-state index in [1.54, 1.807) is 11.8 Å². The average Bonchev–Trinajstić information content (AvgIpc) is 2.04. The van der Waals surface area contributed by atoms with Crippen LogP contribution < -0.4 is 0 Å². The van der Waals surface area contributed by atoms with E-state index in [-0.39, 0.29) is 17.6 Å². The van der Waals surface area contributed by atoms with Crippen LogP contribution in [-0.2, 0) is 4.79 Å². The van der Waals surface area contributed by atoms with Crippen LogP contribution in [0.15, 0.2) is 0 Å².